The summed E-state index contributed by atoms with van der Waals surface area (Å²) in [5.74, 6) is 0.529. The molecule has 0 aromatic carbocycles. The summed E-state index contributed by atoms with van der Waals surface area (Å²) in [6.07, 6.45) is 10.2. The first kappa shape index (κ1) is 19.0. The maximum atomic E-state index is 4.47. The molecule has 1 heterocycles. The van der Waals surface area contributed by atoms with Crippen LogP contribution in [-0.4, -0.2) is 4.98 Å². The Morgan fingerprint density at radius 3 is 2.06 bits per heavy atom. The second kappa shape index (κ2) is 10.8. The quantitative estimate of drug-likeness (QED) is 0.644. The van der Waals surface area contributed by atoms with Crippen molar-refractivity contribution in [3.8, 4) is 0 Å². The zero-order valence-corrected chi connectivity index (χ0v) is 12.0. The van der Waals surface area contributed by atoms with Gasteiger partial charge in [0.25, 0.3) is 0 Å². The van der Waals surface area contributed by atoms with Crippen LogP contribution in [0.3, 0.4) is 0 Å². The Hall–Kier alpha value is -1.37. The average molecular weight is 247 g/mol. The number of nitrogens with zero attached hydrogens (tertiary/aromatic N) is 1. The van der Waals surface area contributed by atoms with E-state index in [-0.39, 0.29) is 7.43 Å². The SMILES string of the molecule is C.C/C=C\c1cc(C(C)C)cnc1/C=C\C.CC. The molecule has 0 spiro atoms. The molecule has 0 unspecified atom stereocenters. The molecule has 1 rings (SSSR count). The average Bonchev–Trinajstić information content (AvgIpc) is 2.34. The standard InChI is InChI=1S/C14H19N.C2H6.CH4/c1-5-7-12-9-13(11(3)4)10-15-14(12)8-6-2;1-2;/h5-11H,1-4H3;1-2H3;1H4/b7-5-,8-6-;;. The van der Waals surface area contributed by atoms with Crippen molar-refractivity contribution in [2.24, 2.45) is 0 Å². The molecule has 0 N–H and O–H groups in total. The summed E-state index contributed by atoms with van der Waals surface area (Å²) in [4.78, 5) is 4.47. The van der Waals surface area contributed by atoms with Crippen LogP contribution in [0.5, 0.6) is 0 Å². The Morgan fingerprint density at radius 2 is 1.61 bits per heavy atom. The second-order valence-electron chi connectivity index (χ2n) is 3.90. The monoisotopic (exact) mass is 247 g/mol. The second-order valence-corrected chi connectivity index (χ2v) is 3.90. The van der Waals surface area contributed by atoms with E-state index in [0.29, 0.717) is 5.92 Å². The zero-order chi connectivity index (χ0) is 13.3. The first-order valence-corrected chi connectivity index (χ1v) is 6.44. The third kappa shape index (κ3) is 5.81. The lowest BCUT2D eigenvalue weighted by Crippen LogP contribution is -1.93. The van der Waals surface area contributed by atoms with Gasteiger partial charge >= 0.3 is 0 Å². The molecule has 0 aliphatic carbocycles. The van der Waals surface area contributed by atoms with E-state index in [1.807, 2.05) is 52.1 Å². The van der Waals surface area contributed by atoms with E-state index in [1.54, 1.807) is 0 Å². The highest BCUT2D eigenvalue weighted by Gasteiger charge is 2.03. The molecular weight excluding hydrogens is 218 g/mol. The van der Waals surface area contributed by atoms with Crippen LogP contribution in [0.25, 0.3) is 12.2 Å². The zero-order valence-electron chi connectivity index (χ0n) is 12.0. The maximum absolute atomic E-state index is 4.47. The molecule has 0 saturated carbocycles. The minimum absolute atomic E-state index is 0. The lowest BCUT2D eigenvalue weighted by molar-refractivity contribution is 0.857. The van der Waals surface area contributed by atoms with E-state index in [2.05, 4.69) is 31.0 Å². The Labute approximate surface area is 114 Å². The summed E-state index contributed by atoms with van der Waals surface area (Å²) in [6.45, 7) is 12.4. The molecule has 0 amide bonds. The van der Waals surface area contributed by atoms with Crippen LogP contribution in [0.4, 0.5) is 0 Å². The van der Waals surface area contributed by atoms with Gasteiger partial charge in [-0.2, -0.15) is 0 Å². The molecule has 0 saturated heterocycles. The molecule has 1 heteroatoms. The predicted molar refractivity (Wildman–Crippen MR) is 85.8 cm³/mol. The summed E-state index contributed by atoms with van der Waals surface area (Å²) >= 11 is 0. The minimum atomic E-state index is 0. The highest BCUT2D eigenvalue weighted by Crippen LogP contribution is 2.18. The highest BCUT2D eigenvalue weighted by molar-refractivity contribution is 5.62. The van der Waals surface area contributed by atoms with Gasteiger partial charge in [-0.15, -0.1) is 0 Å². The van der Waals surface area contributed by atoms with E-state index in [9.17, 15) is 0 Å². The third-order valence-corrected chi connectivity index (χ3v) is 2.31. The van der Waals surface area contributed by atoms with E-state index < -0.39 is 0 Å². The third-order valence-electron chi connectivity index (χ3n) is 2.31. The van der Waals surface area contributed by atoms with Gasteiger partial charge in [-0.05, 0) is 37.5 Å². The summed E-state index contributed by atoms with van der Waals surface area (Å²) in [7, 11) is 0. The fourth-order valence-electron chi connectivity index (χ4n) is 1.44. The fraction of sp³-hybridized carbons (Fsp3) is 0.471. The van der Waals surface area contributed by atoms with Crippen LogP contribution in [0.15, 0.2) is 24.4 Å². The number of rotatable bonds is 3. The van der Waals surface area contributed by atoms with Crippen molar-refractivity contribution in [1.29, 1.82) is 0 Å². The van der Waals surface area contributed by atoms with Crippen LogP contribution in [0.2, 0.25) is 0 Å². The smallest absolute Gasteiger partial charge is 0.0698 e. The number of hydrogen-bond acceptors (Lipinski definition) is 1. The molecule has 0 bridgehead atoms. The first-order chi connectivity index (χ1) is 8.19. The van der Waals surface area contributed by atoms with Gasteiger partial charge in [0.2, 0.25) is 0 Å². The van der Waals surface area contributed by atoms with Gasteiger partial charge in [0, 0.05) is 11.8 Å². The van der Waals surface area contributed by atoms with Gasteiger partial charge in [0.15, 0.2) is 0 Å². The Bertz CT molecular complexity index is 373. The van der Waals surface area contributed by atoms with Crippen LogP contribution in [0, 0.1) is 0 Å². The normalized spacial score (nSPS) is 10.4. The fourth-order valence-corrected chi connectivity index (χ4v) is 1.44. The van der Waals surface area contributed by atoms with Gasteiger partial charge in [-0.25, -0.2) is 0 Å². The Morgan fingerprint density at radius 1 is 1.06 bits per heavy atom. The maximum Gasteiger partial charge on any atom is 0.0698 e. The van der Waals surface area contributed by atoms with Gasteiger partial charge in [-0.3, -0.25) is 4.98 Å². The summed E-state index contributed by atoms with van der Waals surface area (Å²) < 4.78 is 0. The van der Waals surface area contributed by atoms with Gasteiger partial charge in [0.05, 0.1) is 5.69 Å². The minimum Gasteiger partial charge on any atom is -0.256 e. The van der Waals surface area contributed by atoms with Crippen molar-refractivity contribution in [1.82, 2.24) is 4.98 Å². The van der Waals surface area contributed by atoms with Gasteiger partial charge in [0.1, 0.15) is 0 Å². The van der Waals surface area contributed by atoms with Crippen LogP contribution in [0.1, 0.15) is 71.7 Å². The molecule has 18 heavy (non-hydrogen) atoms. The lowest BCUT2D eigenvalue weighted by atomic mass is 10.0. The molecule has 0 radical (unpaired) electrons. The van der Waals surface area contributed by atoms with Gasteiger partial charge in [-0.1, -0.05) is 53.3 Å². The topological polar surface area (TPSA) is 12.9 Å². The summed E-state index contributed by atoms with van der Waals surface area (Å²) in [6, 6.07) is 2.22. The first-order valence-electron chi connectivity index (χ1n) is 6.44. The number of hydrogen-bond donors (Lipinski definition) is 0. The highest BCUT2D eigenvalue weighted by atomic mass is 14.7. The van der Waals surface area contributed by atoms with Crippen LogP contribution in [-0.2, 0) is 0 Å². The van der Waals surface area contributed by atoms with Gasteiger partial charge < -0.3 is 0 Å². The summed E-state index contributed by atoms with van der Waals surface area (Å²) in [5.41, 5.74) is 3.53. The molecular formula is C17H29N. The molecule has 0 atom stereocenters. The van der Waals surface area contributed by atoms with E-state index in [1.165, 1.54) is 11.1 Å². The molecule has 102 valence electrons. The van der Waals surface area contributed by atoms with Crippen molar-refractivity contribution >= 4 is 12.2 Å². The van der Waals surface area contributed by atoms with Crippen molar-refractivity contribution in [2.45, 2.75) is 54.9 Å². The Balaban J connectivity index is 0. The molecule has 1 aromatic heterocycles. The van der Waals surface area contributed by atoms with Crippen LogP contribution < -0.4 is 0 Å². The lowest BCUT2D eigenvalue weighted by Gasteiger charge is -2.07. The number of pyridine rings is 1. The van der Waals surface area contributed by atoms with E-state index in [0.717, 1.165) is 5.69 Å². The summed E-state index contributed by atoms with van der Waals surface area (Å²) in [5, 5.41) is 0. The van der Waals surface area contributed by atoms with Crippen molar-refractivity contribution in [3.05, 3.63) is 41.2 Å². The van der Waals surface area contributed by atoms with Crippen molar-refractivity contribution in [2.75, 3.05) is 0 Å². The van der Waals surface area contributed by atoms with E-state index >= 15 is 0 Å². The molecule has 0 fully saturated rings. The van der Waals surface area contributed by atoms with E-state index in [4.69, 9.17) is 0 Å². The molecule has 0 aliphatic heterocycles. The number of aromatic nitrogens is 1. The van der Waals surface area contributed by atoms with Crippen LogP contribution >= 0.6 is 0 Å². The molecule has 1 nitrogen and oxygen atoms in total. The Kier molecular flexibility index (Phi) is 11.3. The van der Waals surface area contributed by atoms with Crippen molar-refractivity contribution < 1.29 is 0 Å². The molecule has 0 aliphatic rings. The molecule has 1 aromatic rings. The number of allylic oxidation sites excluding steroid dienone is 2. The van der Waals surface area contributed by atoms with Crippen molar-refractivity contribution in [3.63, 3.8) is 0 Å². The predicted octanol–water partition coefficient (Wildman–Crippen LogP) is 5.93. The largest absolute Gasteiger partial charge is 0.256 e.